The van der Waals surface area contributed by atoms with Gasteiger partial charge in [0.25, 0.3) is 5.91 Å². The summed E-state index contributed by atoms with van der Waals surface area (Å²) in [5.41, 5.74) is 1.83. The van der Waals surface area contributed by atoms with Crippen LogP contribution in [0.2, 0.25) is 0 Å². The van der Waals surface area contributed by atoms with Gasteiger partial charge in [-0.3, -0.25) is 19.2 Å². The van der Waals surface area contributed by atoms with Crippen molar-refractivity contribution in [2.24, 2.45) is 0 Å². The average Bonchev–Trinajstić information content (AvgIpc) is 3.36. The van der Waals surface area contributed by atoms with Crippen LogP contribution in [0.15, 0.2) is 35.7 Å². The number of thiophene rings is 1. The number of anilines is 1. The van der Waals surface area contributed by atoms with Crippen molar-refractivity contribution >= 4 is 52.5 Å². The predicted octanol–water partition coefficient (Wildman–Crippen LogP) is 1.88. The van der Waals surface area contributed by atoms with Crippen LogP contribution >= 0.6 is 23.1 Å². The van der Waals surface area contributed by atoms with Gasteiger partial charge in [-0.25, -0.2) is 0 Å². The Morgan fingerprint density at radius 1 is 1.27 bits per heavy atom. The van der Waals surface area contributed by atoms with Crippen molar-refractivity contribution in [3.63, 3.8) is 0 Å². The standard InChI is InChI=1S/C20H19N3O5S2/c24-17(9-29-10-18(25)26)21-12-7-15-19(27)22-14-4-3-11(16-2-1-5-30-16)6-13(14)20(28)23(15)8-12/h1-6,12,15H,7-10H2,(H,21,24)(H,22,27)(H,25,26). The van der Waals surface area contributed by atoms with Crippen molar-refractivity contribution in [1.29, 1.82) is 0 Å². The summed E-state index contributed by atoms with van der Waals surface area (Å²) in [4.78, 5) is 51.1. The second-order valence-corrected chi connectivity index (χ2v) is 9.02. The lowest BCUT2D eigenvalue weighted by Gasteiger charge is -2.20. The van der Waals surface area contributed by atoms with E-state index >= 15 is 0 Å². The van der Waals surface area contributed by atoms with Gasteiger partial charge in [0.1, 0.15) is 6.04 Å². The topological polar surface area (TPSA) is 116 Å². The number of nitrogens with one attached hydrogen (secondary N) is 2. The van der Waals surface area contributed by atoms with Gasteiger partial charge in [-0.1, -0.05) is 12.1 Å². The molecule has 1 saturated heterocycles. The summed E-state index contributed by atoms with van der Waals surface area (Å²) in [7, 11) is 0. The highest BCUT2D eigenvalue weighted by molar-refractivity contribution is 8.00. The van der Waals surface area contributed by atoms with Gasteiger partial charge >= 0.3 is 5.97 Å². The minimum absolute atomic E-state index is 0.0145. The highest BCUT2D eigenvalue weighted by Gasteiger charge is 2.43. The molecule has 0 spiro atoms. The first-order valence-corrected chi connectivity index (χ1v) is 11.3. The first-order chi connectivity index (χ1) is 14.4. The van der Waals surface area contributed by atoms with Gasteiger partial charge in [-0.2, -0.15) is 0 Å². The summed E-state index contributed by atoms with van der Waals surface area (Å²) >= 11 is 2.57. The maximum atomic E-state index is 13.2. The molecule has 3 amide bonds. The summed E-state index contributed by atoms with van der Waals surface area (Å²) < 4.78 is 0. The Bertz CT molecular complexity index is 1010. The SMILES string of the molecule is O=C(O)CSCC(=O)NC1CC2C(=O)Nc3ccc(-c4cccs4)cc3C(=O)N2C1. The van der Waals surface area contributed by atoms with E-state index in [0.717, 1.165) is 22.2 Å². The Morgan fingerprint density at radius 2 is 2.10 bits per heavy atom. The molecule has 2 aliphatic heterocycles. The lowest BCUT2D eigenvalue weighted by Crippen LogP contribution is -2.41. The molecule has 2 aliphatic rings. The second-order valence-electron chi connectivity index (χ2n) is 7.09. The van der Waals surface area contributed by atoms with Crippen LogP contribution in [0, 0.1) is 0 Å². The Morgan fingerprint density at radius 3 is 2.83 bits per heavy atom. The fourth-order valence-electron chi connectivity index (χ4n) is 3.71. The van der Waals surface area contributed by atoms with Crippen molar-refractivity contribution in [2.75, 3.05) is 23.4 Å². The monoisotopic (exact) mass is 445 g/mol. The summed E-state index contributed by atoms with van der Waals surface area (Å²) in [6.45, 7) is 0.231. The van der Waals surface area contributed by atoms with Crippen molar-refractivity contribution < 1.29 is 24.3 Å². The van der Waals surface area contributed by atoms with Gasteiger partial charge < -0.3 is 20.6 Å². The fraction of sp³-hybridized carbons (Fsp3) is 0.300. The highest BCUT2D eigenvalue weighted by Crippen LogP contribution is 2.33. The maximum Gasteiger partial charge on any atom is 0.313 e. The number of fused-ring (bicyclic) bond motifs is 2. The van der Waals surface area contributed by atoms with Crippen molar-refractivity contribution in [3.8, 4) is 10.4 Å². The van der Waals surface area contributed by atoms with Gasteiger partial charge in [0.15, 0.2) is 0 Å². The number of aliphatic carboxylic acids is 1. The normalized spacial score (nSPS) is 20.2. The fourth-order valence-corrected chi connectivity index (χ4v) is 4.98. The number of thioether (sulfide) groups is 1. The molecular weight excluding hydrogens is 426 g/mol. The molecule has 3 heterocycles. The number of rotatable bonds is 6. The second kappa shape index (κ2) is 8.49. The number of hydrogen-bond donors (Lipinski definition) is 3. The van der Waals surface area contributed by atoms with Crippen LogP contribution in [-0.4, -0.2) is 63.8 Å². The molecule has 2 aromatic rings. The smallest absolute Gasteiger partial charge is 0.313 e. The van der Waals surface area contributed by atoms with E-state index in [0.29, 0.717) is 17.7 Å². The van der Waals surface area contributed by atoms with Gasteiger partial charge in [0.2, 0.25) is 11.8 Å². The van der Waals surface area contributed by atoms with Crippen molar-refractivity contribution in [3.05, 3.63) is 41.3 Å². The number of carboxylic acid groups (broad SMARTS) is 1. The van der Waals surface area contributed by atoms with E-state index in [2.05, 4.69) is 10.6 Å². The Balaban J connectivity index is 1.49. The molecule has 0 radical (unpaired) electrons. The molecule has 1 aromatic heterocycles. The summed E-state index contributed by atoms with van der Waals surface area (Å²) in [6, 6.07) is 8.32. The Hall–Kier alpha value is -2.85. The number of carbonyl (C=O) groups is 4. The van der Waals surface area contributed by atoms with E-state index in [-0.39, 0.29) is 41.8 Å². The lowest BCUT2D eigenvalue weighted by atomic mass is 10.1. The van der Waals surface area contributed by atoms with Crippen LogP contribution in [0.3, 0.4) is 0 Å². The molecule has 10 heteroatoms. The number of nitrogens with zero attached hydrogens (tertiary/aromatic N) is 1. The molecule has 1 fully saturated rings. The van der Waals surface area contributed by atoms with Crippen LogP contribution in [-0.2, 0) is 14.4 Å². The van der Waals surface area contributed by atoms with Gasteiger partial charge in [-0.15, -0.1) is 23.1 Å². The molecule has 2 unspecified atom stereocenters. The lowest BCUT2D eigenvalue weighted by molar-refractivity contribution is -0.133. The third kappa shape index (κ3) is 4.19. The molecule has 156 valence electrons. The van der Waals surface area contributed by atoms with E-state index in [9.17, 15) is 19.2 Å². The molecule has 2 atom stereocenters. The van der Waals surface area contributed by atoms with Gasteiger partial charge in [0, 0.05) is 17.5 Å². The number of hydrogen-bond acceptors (Lipinski definition) is 6. The van der Waals surface area contributed by atoms with Crippen LogP contribution in [0.25, 0.3) is 10.4 Å². The van der Waals surface area contributed by atoms with Crippen LogP contribution in [0.1, 0.15) is 16.8 Å². The molecule has 0 aliphatic carbocycles. The Labute approximate surface area is 180 Å². The van der Waals surface area contributed by atoms with Crippen LogP contribution in [0.5, 0.6) is 0 Å². The molecule has 1 aromatic carbocycles. The van der Waals surface area contributed by atoms with E-state index in [1.54, 1.807) is 23.5 Å². The summed E-state index contributed by atoms with van der Waals surface area (Å²) in [5.74, 6) is -1.95. The largest absolute Gasteiger partial charge is 0.481 e. The van der Waals surface area contributed by atoms with Crippen molar-refractivity contribution in [2.45, 2.75) is 18.5 Å². The first-order valence-electron chi connectivity index (χ1n) is 9.31. The first kappa shape index (κ1) is 20.4. The minimum atomic E-state index is -0.982. The van der Waals surface area contributed by atoms with Gasteiger partial charge in [-0.05, 0) is 35.6 Å². The number of carboxylic acids is 1. The predicted molar refractivity (Wildman–Crippen MR) is 115 cm³/mol. The third-order valence-electron chi connectivity index (χ3n) is 5.00. The minimum Gasteiger partial charge on any atom is -0.481 e. The third-order valence-corrected chi connectivity index (χ3v) is 6.84. The zero-order valence-electron chi connectivity index (χ0n) is 15.8. The average molecular weight is 446 g/mol. The van der Waals surface area contributed by atoms with Crippen LogP contribution in [0.4, 0.5) is 5.69 Å². The molecule has 3 N–H and O–H groups in total. The van der Waals surface area contributed by atoms with E-state index in [4.69, 9.17) is 5.11 Å². The molecule has 8 nitrogen and oxygen atoms in total. The van der Waals surface area contributed by atoms with Crippen molar-refractivity contribution in [1.82, 2.24) is 10.2 Å². The molecular formula is C20H19N3O5S2. The molecule has 4 rings (SSSR count). The number of benzene rings is 1. The Kier molecular flexibility index (Phi) is 5.78. The maximum absolute atomic E-state index is 13.2. The summed E-state index contributed by atoms with van der Waals surface area (Å²) in [6.07, 6.45) is 0.318. The quantitative estimate of drug-likeness (QED) is 0.625. The van der Waals surface area contributed by atoms with E-state index in [1.807, 2.05) is 23.6 Å². The molecule has 30 heavy (non-hydrogen) atoms. The number of amides is 3. The van der Waals surface area contributed by atoms with Gasteiger partial charge in [0.05, 0.1) is 22.8 Å². The van der Waals surface area contributed by atoms with Crippen LogP contribution < -0.4 is 10.6 Å². The zero-order chi connectivity index (χ0) is 21.3. The molecule has 0 bridgehead atoms. The molecule has 0 saturated carbocycles. The number of carbonyl (C=O) groups excluding carboxylic acids is 3. The summed E-state index contributed by atoms with van der Waals surface area (Å²) in [5, 5.41) is 16.3. The van der Waals surface area contributed by atoms with E-state index < -0.39 is 12.0 Å². The van der Waals surface area contributed by atoms with E-state index in [1.165, 1.54) is 4.90 Å². The highest BCUT2D eigenvalue weighted by atomic mass is 32.2. The zero-order valence-corrected chi connectivity index (χ0v) is 17.4.